The number of methoxy groups -OCH3 is 1. The summed E-state index contributed by atoms with van der Waals surface area (Å²) in [6, 6.07) is 7.79. The third kappa shape index (κ3) is 3.32. The van der Waals surface area contributed by atoms with Crippen molar-refractivity contribution >= 4 is 12.1 Å². The van der Waals surface area contributed by atoms with Gasteiger partial charge in [0.1, 0.15) is 11.5 Å². The molecule has 0 unspecified atom stereocenters. The van der Waals surface area contributed by atoms with Crippen LogP contribution in [0.3, 0.4) is 0 Å². The molecule has 6 nitrogen and oxygen atoms in total. The summed E-state index contributed by atoms with van der Waals surface area (Å²) >= 11 is 0. The van der Waals surface area contributed by atoms with Crippen molar-refractivity contribution in [3.05, 3.63) is 53.9 Å². The summed E-state index contributed by atoms with van der Waals surface area (Å²) in [5.74, 6) is 0.230. The second-order valence-corrected chi connectivity index (χ2v) is 3.86. The normalized spacial score (nSPS) is 10.4. The number of nitrogens with zero attached hydrogens (tertiary/aromatic N) is 2. The van der Waals surface area contributed by atoms with Crippen LogP contribution in [0.1, 0.15) is 15.9 Å². The Morgan fingerprint density at radius 3 is 2.80 bits per heavy atom. The first-order valence-electron chi connectivity index (χ1n) is 5.81. The van der Waals surface area contributed by atoms with Gasteiger partial charge in [0, 0.05) is 29.6 Å². The van der Waals surface area contributed by atoms with E-state index >= 15 is 0 Å². The van der Waals surface area contributed by atoms with Crippen molar-refractivity contribution in [2.75, 3.05) is 7.11 Å². The molecular formula is C14H13N3O3. The number of benzene rings is 1. The third-order valence-electron chi connectivity index (χ3n) is 2.53. The zero-order valence-corrected chi connectivity index (χ0v) is 10.8. The number of amides is 1. The van der Waals surface area contributed by atoms with Crippen molar-refractivity contribution < 1.29 is 14.6 Å². The zero-order chi connectivity index (χ0) is 14.4. The first kappa shape index (κ1) is 13.5. The number of hydrogen-bond donors (Lipinski definition) is 2. The fourth-order valence-electron chi connectivity index (χ4n) is 1.53. The van der Waals surface area contributed by atoms with E-state index in [2.05, 4.69) is 15.5 Å². The Hall–Kier alpha value is -2.89. The van der Waals surface area contributed by atoms with Crippen molar-refractivity contribution in [2.45, 2.75) is 0 Å². The van der Waals surface area contributed by atoms with E-state index in [1.54, 1.807) is 18.2 Å². The molecule has 0 aliphatic carbocycles. The average Bonchev–Trinajstić information content (AvgIpc) is 2.49. The summed E-state index contributed by atoms with van der Waals surface area (Å²) in [5, 5.41) is 13.2. The van der Waals surface area contributed by atoms with Gasteiger partial charge in [0.05, 0.1) is 13.3 Å². The maximum Gasteiger partial charge on any atom is 0.271 e. The Morgan fingerprint density at radius 2 is 2.10 bits per heavy atom. The van der Waals surface area contributed by atoms with Gasteiger partial charge in [-0.2, -0.15) is 5.10 Å². The predicted molar refractivity (Wildman–Crippen MR) is 74.0 cm³/mol. The molecular weight excluding hydrogens is 258 g/mol. The SMILES string of the molecule is COc1cc(O)ccc1/C=N\NC(=O)c1ccncc1. The van der Waals surface area contributed by atoms with Gasteiger partial charge in [-0.15, -0.1) is 0 Å². The highest BCUT2D eigenvalue weighted by molar-refractivity contribution is 5.94. The number of ether oxygens (including phenoxy) is 1. The summed E-state index contributed by atoms with van der Waals surface area (Å²) in [4.78, 5) is 15.5. The summed E-state index contributed by atoms with van der Waals surface area (Å²) < 4.78 is 5.10. The molecule has 1 heterocycles. The van der Waals surface area contributed by atoms with E-state index in [0.717, 1.165) is 0 Å². The summed E-state index contributed by atoms with van der Waals surface area (Å²) in [6.45, 7) is 0. The number of pyridine rings is 1. The lowest BCUT2D eigenvalue weighted by Crippen LogP contribution is -2.17. The van der Waals surface area contributed by atoms with Crippen LogP contribution in [-0.4, -0.2) is 29.3 Å². The Bertz CT molecular complexity index is 627. The highest BCUT2D eigenvalue weighted by atomic mass is 16.5. The molecule has 0 saturated heterocycles. The molecule has 20 heavy (non-hydrogen) atoms. The Balaban J connectivity index is 2.05. The van der Waals surface area contributed by atoms with Crippen LogP contribution in [-0.2, 0) is 0 Å². The van der Waals surface area contributed by atoms with Crippen LogP contribution in [0, 0.1) is 0 Å². The van der Waals surface area contributed by atoms with Gasteiger partial charge in [0.2, 0.25) is 0 Å². The van der Waals surface area contributed by atoms with Crippen LogP contribution < -0.4 is 10.2 Å². The van der Waals surface area contributed by atoms with Gasteiger partial charge in [0.25, 0.3) is 5.91 Å². The number of carbonyl (C=O) groups excluding carboxylic acids is 1. The van der Waals surface area contributed by atoms with Gasteiger partial charge >= 0.3 is 0 Å². The molecule has 0 saturated carbocycles. The topological polar surface area (TPSA) is 83.8 Å². The van der Waals surface area contributed by atoms with Crippen LogP contribution in [0.5, 0.6) is 11.5 Å². The lowest BCUT2D eigenvalue weighted by molar-refractivity contribution is 0.0955. The molecule has 0 atom stereocenters. The second kappa shape index (κ2) is 6.33. The molecule has 0 radical (unpaired) electrons. The van der Waals surface area contributed by atoms with Crippen molar-refractivity contribution in [2.24, 2.45) is 5.10 Å². The van der Waals surface area contributed by atoms with Crippen LogP contribution >= 0.6 is 0 Å². The molecule has 0 aliphatic rings. The van der Waals surface area contributed by atoms with Crippen molar-refractivity contribution in [3.8, 4) is 11.5 Å². The van der Waals surface area contributed by atoms with Crippen LogP contribution in [0.4, 0.5) is 0 Å². The van der Waals surface area contributed by atoms with Gasteiger partial charge < -0.3 is 9.84 Å². The van der Waals surface area contributed by atoms with E-state index in [1.807, 2.05) is 0 Å². The number of aromatic hydroxyl groups is 1. The molecule has 6 heteroatoms. The van der Waals surface area contributed by atoms with E-state index in [0.29, 0.717) is 16.9 Å². The molecule has 0 spiro atoms. The molecule has 1 aromatic heterocycles. The maximum atomic E-state index is 11.7. The first-order chi connectivity index (χ1) is 9.70. The lowest BCUT2D eigenvalue weighted by Gasteiger charge is -2.04. The monoisotopic (exact) mass is 271 g/mol. The van der Waals surface area contributed by atoms with Crippen molar-refractivity contribution in [3.63, 3.8) is 0 Å². The number of hydrazone groups is 1. The number of carbonyl (C=O) groups is 1. The quantitative estimate of drug-likeness (QED) is 0.653. The number of aromatic nitrogens is 1. The zero-order valence-electron chi connectivity index (χ0n) is 10.8. The molecule has 2 N–H and O–H groups in total. The molecule has 102 valence electrons. The predicted octanol–water partition coefficient (Wildman–Crippen LogP) is 1.56. The minimum atomic E-state index is -0.332. The number of rotatable bonds is 4. The number of phenolic OH excluding ortho intramolecular Hbond substituents is 1. The van der Waals surface area contributed by atoms with Crippen LogP contribution in [0.25, 0.3) is 0 Å². The minimum Gasteiger partial charge on any atom is -0.508 e. The first-order valence-corrected chi connectivity index (χ1v) is 5.81. The van der Waals surface area contributed by atoms with Crippen molar-refractivity contribution in [1.82, 2.24) is 10.4 Å². The molecule has 0 fully saturated rings. The van der Waals surface area contributed by atoms with Crippen LogP contribution in [0.2, 0.25) is 0 Å². The highest BCUT2D eigenvalue weighted by Gasteiger charge is 2.04. The Kier molecular flexibility index (Phi) is 4.28. The number of nitrogens with one attached hydrogen (secondary N) is 1. The molecule has 0 bridgehead atoms. The van der Waals surface area contributed by atoms with E-state index in [1.165, 1.54) is 37.9 Å². The van der Waals surface area contributed by atoms with E-state index in [4.69, 9.17) is 4.74 Å². The average molecular weight is 271 g/mol. The molecule has 1 amide bonds. The second-order valence-electron chi connectivity index (χ2n) is 3.86. The summed E-state index contributed by atoms with van der Waals surface area (Å²) in [7, 11) is 1.49. The summed E-state index contributed by atoms with van der Waals surface area (Å²) in [6.07, 6.45) is 4.50. The van der Waals surface area contributed by atoms with Gasteiger partial charge in [-0.25, -0.2) is 5.43 Å². The molecule has 1 aromatic carbocycles. The summed E-state index contributed by atoms with van der Waals surface area (Å²) in [5.41, 5.74) is 3.50. The van der Waals surface area contributed by atoms with E-state index < -0.39 is 0 Å². The van der Waals surface area contributed by atoms with E-state index in [-0.39, 0.29) is 11.7 Å². The van der Waals surface area contributed by atoms with E-state index in [9.17, 15) is 9.90 Å². The number of phenols is 1. The highest BCUT2D eigenvalue weighted by Crippen LogP contribution is 2.21. The fraction of sp³-hybridized carbons (Fsp3) is 0.0714. The van der Waals surface area contributed by atoms with Gasteiger partial charge in [-0.3, -0.25) is 9.78 Å². The van der Waals surface area contributed by atoms with Gasteiger partial charge in [0.15, 0.2) is 0 Å². The molecule has 2 rings (SSSR count). The molecule has 0 aliphatic heterocycles. The Morgan fingerprint density at radius 1 is 1.35 bits per heavy atom. The largest absolute Gasteiger partial charge is 0.508 e. The van der Waals surface area contributed by atoms with Gasteiger partial charge in [-0.05, 0) is 24.3 Å². The lowest BCUT2D eigenvalue weighted by atomic mass is 10.2. The maximum absolute atomic E-state index is 11.7. The number of hydrogen-bond acceptors (Lipinski definition) is 5. The smallest absolute Gasteiger partial charge is 0.271 e. The Labute approximate surface area is 115 Å². The fourth-order valence-corrected chi connectivity index (χ4v) is 1.53. The minimum absolute atomic E-state index is 0.0971. The standard InChI is InChI=1S/C14H13N3O3/c1-20-13-8-12(18)3-2-11(13)9-16-17-14(19)10-4-6-15-7-5-10/h2-9,18H,1H3,(H,17,19)/b16-9-. The van der Waals surface area contributed by atoms with Crippen molar-refractivity contribution in [1.29, 1.82) is 0 Å². The van der Waals surface area contributed by atoms with Crippen LogP contribution in [0.15, 0.2) is 47.8 Å². The molecule has 2 aromatic rings. The third-order valence-corrected chi connectivity index (χ3v) is 2.53. The van der Waals surface area contributed by atoms with Gasteiger partial charge in [-0.1, -0.05) is 0 Å².